The lowest BCUT2D eigenvalue weighted by Crippen LogP contribution is -2.28. The number of aromatic nitrogens is 1. The van der Waals surface area contributed by atoms with Crippen molar-refractivity contribution in [2.45, 2.75) is 25.4 Å². The van der Waals surface area contributed by atoms with Crippen LogP contribution in [0.2, 0.25) is 5.02 Å². The van der Waals surface area contributed by atoms with E-state index in [-0.39, 0.29) is 30.2 Å². The molecule has 2 aromatic rings. The maximum Gasteiger partial charge on any atom is 0.234 e. The third-order valence-electron chi connectivity index (χ3n) is 4.07. The Morgan fingerprint density at radius 2 is 2.17 bits per heavy atom. The monoisotopic (exact) mass is 364 g/mol. The number of pyridine rings is 1. The Balaban J connectivity index is 1.98. The van der Waals surface area contributed by atoms with Crippen LogP contribution in [0.25, 0.3) is 0 Å². The minimum absolute atomic E-state index is 0.0177. The van der Waals surface area contributed by atoms with E-state index in [1.807, 2.05) is 18.2 Å². The summed E-state index contributed by atoms with van der Waals surface area (Å²) in [6.45, 7) is 1.64. The second kappa shape index (κ2) is 7.01. The average Bonchev–Trinajstić information content (AvgIpc) is 2.93. The van der Waals surface area contributed by atoms with E-state index in [2.05, 4.69) is 4.98 Å². The minimum Gasteiger partial charge on any atom is -0.506 e. The molecule has 0 bridgehead atoms. The van der Waals surface area contributed by atoms with E-state index in [1.165, 1.54) is 18.0 Å². The molecular formula is C17H17ClN2O3S. The summed E-state index contributed by atoms with van der Waals surface area (Å²) in [4.78, 5) is 18.1. The molecule has 2 heterocycles. The van der Waals surface area contributed by atoms with Gasteiger partial charge in [-0.25, -0.2) is 0 Å². The first-order chi connectivity index (χ1) is 11.5. The number of aliphatic hydroxyl groups is 1. The van der Waals surface area contributed by atoms with Crippen LogP contribution >= 0.6 is 23.4 Å². The molecule has 1 aromatic heterocycles. The summed E-state index contributed by atoms with van der Waals surface area (Å²) in [6.07, 6.45) is 1.53. The summed E-state index contributed by atoms with van der Waals surface area (Å²) in [6, 6.07) is 7.43. The number of rotatable bonds is 4. The number of aliphatic hydroxyl groups excluding tert-OH is 1. The van der Waals surface area contributed by atoms with E-state index >= 15 is 0 Å². The normalized spacial score (nSPS) is 17.5. The van der Waals surface area contributed by atoms with Gasteiger partial charge in [0.25, 0.3) is 0 Å². The van der Waals surface area contributed by atoms with Crippen LogP contribution in [0.3, 0.4) is 0 Å². The summed E-state index contributed by atoms with van der Waals surface area (Å²) in [5.74, 6) is 0.349. The average molecular weight is 365 g/mol. The molecule has 3 rings (SSSR count). The van der Waals surface area contributed by atoms with Crippen molar-refractivity contribution in [3.8, 4) is 5.75 Å². The van der Waals surface area contributed by atoms with Gasteiger partial charge in [-0.2, -0.15) is 0 Å². The minimum atomic E-state index is -0.248. The number of thioether (sulfide) groups is 1. The zero-order valence-electron chi connectivity index (χ0n) is 13.1. The maximum atomic E-state index is 12.4. The molecule has 0 aliphatic carbocycles. The van der Waals surface area contributed by atoms with Gasteiger partial charge in [0.05, 0.1) is 24.6 Å². The molecule has 24 heavy (non-hydrogen) atoms. The standard InChI is InChI=1S/C17H17ClN2O3S/c1-10-16(23)13(11(8-21)6-19-10)7-20-15(22)9-24-17(20)12-4-2-3-5-14(12)18/h2-6,17,21,23H,7-9H2,1H3. The Morgan fingerprint density at radius 1 is 1.42 bits per heavy atom. The van der Waals surface area contributed by atoms with Gasteiger partial charge in [0.1, 0.15) is 11.1 Å². The second-order valence-corrected chi connectivity index (χ2v) is 7.04. The van der Waals surface area contributed by atoms with Crippen LogP contribution in [0.4, 0.5) is 0 Å². The van der Waals surface area contributed by atoms with Gasteiger partial charge in [-0.1, -0.05) is 29.8 Å². The number of hydrogen-bond acceptors (Lipinski definition) is 5. The number of benzene rings is 1. The Labute approximate surface area is 149 Å². The molecular weight excluding hydrogens is 348 g/mol. The van der Waals surface area contributed by atoms with Gasteiger partial charge < -0.3 is 15.1 Å². The summed E-state index contributed by atoms with van der Waals surface area (Å²) in [5.41, 5.74) is 2.38. The first kappa shape index (κ1) is 17.1. The van der Waals surface area contributed by atoms with Crippen LogP contribution in [0, 0.1) is 6.92 Å². The number of aromatic hydroxyl groups is 1. The van der Waals surface area contributed by atoms with Gasteiger partial charge in [0, 0.05) is 27.9 Å². The third kappa shape index (κ3) is 3.09. The van der Waals surface area contributed by atoms with Crippen molar-refractivity contribution in [3.63, 3.8) is 0 Å². The van der Waals surface area contributed by atoms with Gasteiger partial charge in [0.2, 0.25) is 5.91 Å². The molecule has 7 heteroatoms. The van der Waals surface area contributed by atoms with Gasteiger partial charge in [-0.3, -0.25) is 9.78 Å². The zero-order valence-corrected chi connectivity index (χ0v) is 14.6. The van der Waals surface area contributed by atoms with E-state index in [0.29, 0.717) is 27.6 Å². The van der Waals surface area contributed by atoms with Crippen molar-refractivity contribution >= 4 is 29.3 Å². The predicted octanol–water partition coefficient (Wildman–Crippen LogP) is 3.02. The molecule has 1 aromatic carbocycles. The molecule has 0 spiro atoms. The first-order valence-corrected chi connectivity index (χ1v) is 8.88. The van der Waals surface area contributed by atoms with Crippen LogP contribution in [-0.4, -0.2) is 31.8 Å². The summed E-state index contributed by atoms with van der Waals surface area (Å²) in [5, 5.41) is 20.2. The molecule has 5 nitrogen and oxygen atoms in total. The summed E-state index contributed by atoms with van der Waals surface area (Å²) in [7, 11) is 0. The molecule has 126 valence electrons. The number of carbonyl (C=O) groups excluding carboxylic acids is 1. The Hall–Kier alpha value is -1.76. The van der Waals surface area contributed by atoms with Gasteiger partial charge in [-0.05, 0) is 13.0 Å². The zero-order chi connectivity index (χ0) is 17.3. The first-order valence-electron chi connectivity index (χ1n) is 7.45. The molecule has 0 saturated carbocycles. The quantitative estimate of drug-likeness (QED) is 0.872. The molecule has 0 radical (unpaired) electrons. The molecule has 1 atom stereocenters. The number of carbonyl (C=O) groups is 1. The van der Waals surface area contributed by atoms with Crippen LogP contribution in [0.1, 0.15) is 27.8 Å². The van der Waals surface area contributed by atoms with Crippen LogP contribution < -0.4 is 0 Å². The topological polar surface area (TPSA) is 73.7 Å². The van der Waals surface area contributed by atoms with Crippen molar-refractivity contribution in [2.75, 3.05) is 5.75 Å². The number of nitrogens with zero attached hydrogens (tertiary/aromatic N) is 2. The molecule has 1 unspecified atom stereocenters. The molecule has 1 aliphatic heterocycles. The van der Waals surface area contributed by atoms with Crippen molar-refractivity contribution in [3.05, 3.63) is 57.9 Å². The number of amides is 1. The smallest absolute Gasteiger partial charge is 0.234 e. The molecule has 2 N–H and O–H groups in total. The van der Waals surface area contributed by atoms with Crippen LogP contribution in [0.5, 0.6) is 5.75 Å². The van der Waals surface area contributed by atoms with Gasteiger partial charge >= 0.3 is 0 Å². The fraction of sp³-hybridized carbons (Fsp3) is 0.294. The molecule has 1 amide bonds. The lowest BCUT2D eigenvalue weighted by atomic mass is 10.1. The maximum absolute atomic E-state index is 12.4. The van der Waals surface area contributed by atoms with Crippen molar-refractivity contribution in [1.29, 1.82) is 0 Å². The van der Waals surface area contributed by atoms with Crippen molar-refractivity contribution in [2.24, 2.45) is 0 Å². The van der Waals surface area contributed by atoms with Gasteiger partial charge in [0.15, 0.2) is 0 Å². The van der Waals surface area contributed by atoms with Gasteiger partial charge in [-0.15, -0.1) is 11.8 Å². The number of aryl methyl sites for hydroxylation is 1. The largest absolute Gasteiger partial charge is 0.506 e. The summed E-state index contributed by atoms with van der Waals surface area (Å²) >= 11 is 7.79. The highest BCUT2D eigenvalue weighted by atomic mass is 35.5. The number of hydrogen-bond donors (Lipinski definition) is 2. The van der Waals surface area contributed by atoms with E-state index in [9.17, 15) is 15.0 Å². The predicted molar refractivity (Wildman–Crippen MR) is 93.8 cm³/mol. The Morgan fingerprint density at radius 3 is 2.88 bits per heavy atom. The van der Waals surface area contributed by atoms with E-state index in [0.717, 1.165) is 5.56 Å². The van der Waals surface area contributed by atoms with Crippen LogP contribution in [-0.2, 0) is 17.9 Å². The van der Waals surface area contributed by atoms with Crippen molar-refractivity contribution in [1.82, 2.24) is 9.88 Å². The highest BCUT2D eigenvalue weighted by Crippen LogP contribution is 2.43. The highest BCUT2D eigenvalue weighted by Gasteiger charge is 2.35. The van der Waals surface area contributed by atoms with E-state index in [1.54, 1.807) is 17.9 Å². The lowest BCUT2D eigenvalue weighted by Gasteiger charge is -2.26. The van der Waals surface area contributed by atoms with Crippen molar-refractivity contribution < 1.29 is 15.0 Å². The third-order valence-corrected chi connectivity index (χ3v) is 5.65. The Bertz CT molecular complexity index is 784. The molecule has 1 saturated heterocycles. The fourth-order valence-corrected chi connectivity index (χ4v) is 4.25. The second-order valence-electron chi connectivity index (χ2n) is 5.56. The van der Waals surface area contributed by atoms with E-state index in [4.69, 9.17) is 11.6 Å². The molecule has 1 fully saturated rings. The highest BCUT2D eigenvalue weighted by molar-refractivity contribution is 8.00. The summed E-state index contributed by atoms with van der Waals surface area (Å²) < 4.78 is 0. The van der Waals surface area contributed by atoms with Crippen LogP contribution in [0.15, 0.2) is 30.5 Å². The molecule has 1 aliphatic rings. The SMILES string of the molecule is Cc1ncc(CO)c(CN2C(=O)CSC2c2ccccc2Cl)c1O. The lowest BCUT2D eigenvalue weighted by molar-refractivity contribution is -0.128. The Kier molecular flexibility index (Phi) is 4.99. The van der Waals surface area contributed by atoms with E-state index < -0.39 is 0 Å². The number of halogens is 1. The fourth-order valence-electron chi connectivity index (χ4n) is 2.73.